The Hall–Kier alpha value is -1.96. The predicted octanol–water partition coefficient (Wildman–Crippen LogP) is 5.23. The second kappa shape index (κ2) is 4.27. The molecule has 2 nitrogen and oxygen atoms in total. The topological polar surface area (TPSA) is 29.5 Å². The molecule has 21 heavy (non-hydrogen) atoms. The molecule has 0 aromatic heterocycles. The highest BCUT2D eigenvalue weighted by Gasteiger charge is 2.27. The minimum atomic E-state index is 0.393. The Bertz CT molecular complexity index is 831. The van der Waals surface area contributed by atoms with Crippen molar-refractivity contribution >= 4 is 16.3 Å². The number of phenols is 1. The number of allylic oxidation sites excluding steroid dienone is 2. The highest BCUT2D eigenvalue weighted by Crippen LogP contribution is 2.49. The molecule has 2 aromatic carbocycles. The molecule has 1 aliphatic rings. The SMILES string of the molecule is CC1=C(C)c2c(C)c(C)c(O)c3c(C)c(C)c(C)c(c23)O1. The predicted molar refractivity (Wildman–Crippen MR) is 88.2 cm³/mol. The quantitative estimate of drug-likeness (QED) is 0.716. The van der Waals surface area contributed by atoms with Crippen LogP contribution in [0.2, 0.25) is 0 Å². The summed E-state index contributed by atoms with van der Waals surface area (Å²) in [6.45, 7) is 14.5. The monoisotopic (exact) mass is 282 g/mol. The molecule has 110 valence electrons. The highest BCUT2D eigenvalue weighted by molar-refractivity contribution is 6.07. The third-order valence-electron chi connectivity index (χ3n) is 5.26. The Kier molecular flexibility index (Phi) is 2.84. The number of benzene rings is 2. The molecular weight excluding hydrogens is 260 g/mol. The van der Waals surface area contributed by atoms with E-state index in [1.807, 2.05) is 13.8 Å². The average Bonchev–Trinajstić information content (AvgIpc) is 2.45. The van der Waals surface area contributed by atoms with Gasteiger partial charge in [0.25, 0.3) is 0 Å². The van der Waals surface area contributed by atoms with Crippen molar-refractivity contribution in [1.82, 2.24) is 0 Å². The van der Waals surface area contributed by atoms with Crippen molar-refractivity contribution in [2.45, 2.75) is 48.5 Å². The van der Waals surface area contributed by atoms with Crippen molar-refractivity contribution in [3.63, 3.8) is 0 Å². The molecule has 0 atom stereocenters. The van der Waals surface area contributed by atoms with E-state index in [4.69, 9.17) is 4.74 Å². The summed E-state index contributed by atoms with van der Waals surface area (Å²) in [6.07, 6.45) is 0. The Morgan fingerprint density at radius 3 is 1.90 bits per heavy atom. The molecule has 1 heterocycles. The first-order valence-electron chi connectivity index (χ1n) is 7.38. The minimum absolute atomic E-state index is 0.393. The molecule has 2 heteroatoms. The molecule has 0 aliphatic carbocycles. The molecule has 1 N–H and O–H groups in total. The number of aryl methyl sites for hydroxylation is 1. The summed E-state index contributed by atoms with van der Waals surface area (Å²) in [5.41, 5.74) is 7.99. The molecular formula is C19H22O2. The van der Waals surface area contributed by atoms with Crippen molar-refractivity contribution in [2.24, 2.45) is 0 Å². The van der Waals surface area contributed by atoms with E-state index < -0.39 is 0 Å². The van der Waals surface area contributed by atoms with Gasteiger partial charge in [-0.2, -0.15) is 0 Å². The van der Waals surface area contributed by atoms with Gasteiger partial charge in [0, 0.05) is 10.8 Å². The van der Waals surface area contributed by atoms with E-state index in [1.165, 1.54) is 11.1 Å². The number of phenolic OH excluding ortho intramolecular Hbond substituents is 1. The summed E-state index contributed by atoms with van der Waals surface area (Å²) >= 11 is 0. The van der Waals surface area contributed by atoms with E-state index in [0.29, 0.717) is 5.75 Å². The summed E-state index contributed by atoms with van der Waals surface area (Å²) in [6, 6.07) is 0. The number of aromatic hydroxyl groups is 1. The second-order valence-electron chi connectivity index (χ2n) is 6.21. The third kappa shape index (κ3) is 1.59. The van der Waals surface area contributed by atoms with Crippen molar-refractivity contribution in [2.75, 3.05) is 0 Å². The zero-order valence-corrected chi connectivity index (χ0v) is 13.9. The van der Waals surface area contributed by atoms with Crippen LogP contribution in [0.4, 0.5) is 0 Å². The van der Waals surface area contributed by atoms with Crippen molar-refractivity contribution in [3.8, 4) is 11.5 Å². The first kappa shape index (κ1) is 14.0. The van der Waals surface area contributed by atoms with Gasteiger partial charge in [-0.15, -0.1) is 0 Å². The molecule has 0 saturated carbocycles. The van der Waals surface area contributed by atoms with Crippen LogP contribution < -0.4 is 4.74 Å². The summed E-state index contributed by atoms with van der Waals surface area (Å²) in [5.74, 6) is 2.25. The van der Waals surface area contributed by atoms with Crippen LogP contribution in [0.5, 0.6) is 11.5 Å². The minimum Gasteiger partial charge on any atom is -0.507 e. The first-order chi connectivity index (χ1) is 9.77. The Morgan fingerprint density at radius 1 is 0.667 bits per heavy atom. The second-order valence-corrected chi connectivity index (χ2v) is 6.21. The highest BCUT2D eigenvalue weighted by atomic mass is 16.5. The molecule has 1 aliphatic heterocycles. The molecule has 0 unspecified atom stereocenters. The van der Waals surface area contributed by atoms with E-state index >= 15 is 0 Å². The van der Waals surface area contributed by atoms with Gasteiger partial charge in [-0.3, -0.25) is 0 Å². The number of hydrogen-bond acceptors (Lipinski definition) is 2. The van der Waals surface area contributed by atoms with E-state index in [2.05, 4.69) is 34.6 Å². The Labute approximate surface area is 126 Å². The van der Waals surface area contributed by atoms with Crippen LogP contribution in [0.1, 0.15) is 47.2 Å². The van der Waals surface area contributed by atoms with Crippen molar-refractivity contribution < 1.29 is 9.84 Å². The zero-order valence-electron chi connectivity index (χ0n) is 13.9. The van der Waals surface area contributed by atoms with Crippen LogP contribution in [0.3, 0.4) is 0 Å². The third-order valence-corrected chi connectivity index (χ3v) is 5.26. The number of ether oxygens (including phenoxy) is 1. The zero-order chi connectivity index (χ0) is 15.6. The van der Waals surface area contributed by atoms with Crippen molar-refractivity contribution in [3.05, 3.63) is 39.1 Å². The lowest BCUT2D eigenvalue weighted by atomic mass is 9.84. The molecule has 0 radical (unpaired) electrons. The van der Waals surface area contributed by atoms with E-state index in [1.54, 1.807) is 0 Å². The van der Waals surface area contributed by atoms with Gasteiger partial charge in [0.1, 0.15) is 17.3 Å². The summed E-state index contributed by atoms with van der Waals surface area (Å²) in [7, 11) is 0. The Morgan fingerprint density at radius 2 is 1.29 bits per heavy atom. The average molecular weight is 282 g/mol. The maximum Gasteiger partial charge on any atom is 0.138 e. The Balaban J connectivity index is 2.71. The fourth-order valence-electron chi connectivity index (χ4n) is 3.40. The van der Waals surface area contributed by atoms with Gasteiger partial charge in [-0.1, -0.05) is 0 Å². The maximum absolute atomic E-state index is 10.7. The fourth-order valence-corrected chi connectivity index (χ4v) is 3.40. The van der Waals surface area contributed by atoms with E-state index in [9.17, 15) is 5.11 Å². The number of rotatable bonds is 0. The van der Waals surface area contributed by atoms with Gasteiger partial charge in [0.2, 0.25) is 0 Å². The van der Waals surface area contributed by atoms with E-state index in [0.717, 1.165) is 50.1 Å². The largest absolute Gasteiger partial charge is 0.507 e. The van der Waals surface area contributed by atoms with Crippen LogP contribution in [-0.4, -0.2) is 5.11 Å². The van der Waals surface area contributed by atoms with Crippen LogP contribution in [-0.2, 0) is 0 Å². The fraction of sp³-hybridized carbons (Fsp3) is 0.368. The van der Waals surface area contributed by atoms with E-state index in [-0.39, 0.29) is 0 Å². The first-order valence-corrected chi connectivity index (χ1v) is 7.38. The lowest BCUT2D eigenvalue weighted by Crippen LogP contribution is -2.09. The van der Waals surface area contributed by atoms with Gasteiger partial charge < -0.3 is 9.84 Å². The lowest BCUT2D eigenvalue weighted by molar-refractivity contribution is 0.427. The van der Waals surface area contributed by atoms with Gasteiger partial charge in [-0.05, 0) is 87.4 Å². The smallest absolute Gasteiger partial charge is 0.138 e. The van der Waals surface area contributed by atoms with Gasteiger partial charge in [-0.25, -0.2) is 0 Å². The molecule has 0 bridgehead atoms. The summed E-state index contributed by atoms with van der Waals surface area (Å²) in [5, 5.41) is 12.7. The molecule has 0 amide bonds. The van der Waals surface area contributed by atoms with Gasteiger partial charge in [0.05, 0.1) is 0 Å². The van der Waals surface area contributed by atoms with Crippen LogP contribution >= 0.6 is 0 Å². The molecule has 3 rings (SSSR count). The number of hydrogen-bond donors (Lipinski definition) is 1. The van der Waals surface area contributed by atoms with Gasteiger partial charge >= 0.3 is 0 Å². The standard InChI is InChI=1S/C19H22O2/c1-8-9(2)16-17-15(10(3)11(4)18(16)20)13(6)14(7)21-19(17)12(8)5/h20H,1-7H3. The maximum atomic E-state index is 10.7. The van der Waals surface area contributed by atoms with Crippen LogP contribution in [0.25, 0.3) is 16.3 Å². The molecule has 0 fully saturated rings. The van der Waals surface area contributed by atoms with Crippen LogP contribution in [0.15, 0.2) is 5.76 Å². The molecule has 2 aromatic rings. The lowest BCUT2D eigenvalue weighted by Gasteiger charge is -2.28. The summed E-state index contributed by atoms with van der Waals surface area (Å²) < 4.78 is 6.10. The summed E-state index contributed by atoms with van der Waals surface area (Å²) in [4.78, 5) is 0. The molecule has 0 spiro atoms. The van der Waals surface area contributed by atoms with Gasteiger partial charge in [0.15, 0.2) is 0 Å². The van der Waals surface area contributed by atoms with Crippen LogP contribution in [0, 0.1) is 34.6 Å². The normalized spacial score (nSPS) is 13.9. The van der Waals surface area contributed by atoms with Crippen molar-refractivity contribution in [1.29, 1.82) is 0 Å². The molecule has 0 saturated heterocycles.